The first-order valence-electron chi connectivity index (χ1n) is 10.7. The molecule has 1 amide bonds. The molecule has 0 bridgehead atoms. The van der Waals surface area contributed by atoms with Crippen LogP contribution in [0.3, 0.4) is 0 Å². The Morgan fingerprint density at radius 1 is 1.17 bits per heavy atom. The first kappa shape index (κ1) is 22.8. The Morgan fingerprint density at radius 3 is 2.79 bits per heavy atom. The molecule has 2 rings (SSSR count). The third kappa shape index (κ3) is 7.83. The Labute approximate surface area is 174 Å². The van der Waals surface area contributed by atoms with Crippen LogP contribution in [-0.2, 0) is 11.2 Å². The molecule has 2 N–H and O–H groups in total. The lowest BCUT2D eigenvalue weighted by Gasteiger charge is -2.20. The van der Waals surface area contributed by atoms with Crippen LogP contribution in [0.4, 0.5) is 0 Å². The van der Waals surface area contributed by atoms with Gasteiger partial charge in [0.15, 0.2) is 5.96 Å². The van der Waals surface area contributed by atoms with E-state index in [1.807, 2.05) is 23.1 Å². The van der Waals surface area contributed by atoms with Gasteiger partial charge >= 0.3 is 0 Å². The van der Waals surface area contributed by atoms with Crippen molar-refractivity contribution in [2.45, 2.75) is 45.4 Å². The van der Waals surface area contributed by atoms with Crippen LogP contribution in [0.15, 0.2) is 23.2 Å². The molecule has 1 aromatic carbocycles. The molecule has 1 fully saturated rings. The lowest BCUT2D eigenvalue weighted by atomic mass is 10.1. The smallest absolute Gasteiger partial charge is 0.222 e. The maximum Gasteiger partial charge on any atom is 0.222 e. The van der Waals surface area contributed by atoms with E-state index < -0.39 is 0 Å². The number of rotatable bonds is 10. The van der Waals surface area contributed by atoms with E-state index in [-0.39, 0.29) is 0 Å². The molecule has 0 atom stereocenters. The number of guanidine groups is 1. The van der Waals surface area contributed by atoms with Crippen molar-refractivity contribution in [3.63, 3.8) is 0 Å². The van der Waals surface area contributed by atoms with Gasteiger partial charge in [0.05, 0.1) is 14.2 Å². The summed E-state index contributed by atoms with van der Waals surface area (Å²) in [6, 6.07) is 5.83. The fraction of sp³-hybridized carbons (Fsp3) is 0.636. The van der Waals surface area contributed by atoms with Gasteiger partial charge in [0, 0.05) is 39.1 Å². The molecular formula is C22H36N4O3. The Kier molecular flexibility index (Phi) is 10.2. The second-order valence-corrected chi connectivity index (χ2v) is 7.16. The van der Waals surface area contributed by atoms with Gasteiger partial charge in [0.2, 0.25) is 5.91 Å². The van der Waals surface area contributed by atoms with Crippen molar-refractivity contribution in [3.8, 4) is 11.5 Å². The second-order valence-electron chi connectivity index (χ2n) is 7.16. The number of methoxy groups -OCH3 is 2. The van der Waals surface area contributed by atoms with Crippen molar-refractivity contribution < 1.29 is 14.3 Å². The highest BCUT2D eigenvalue weighted by molar-refractivity contribution is 5.79. The van der Waals surface area contributed by atoms with Crippen molar-refractivity contribution in [1.82, 2.24) is 15.5 Å². The van der Waals surface area contributed by atoms with Crippen molar-refractivity contribution in [2.75, 3.05) is 46.9 Å². The van der Waals surface area contributed by atoms with E-state index in [0.29, 0.717) is 18.9 Å². The minimum Gasteiger partial charge on any atom is -0.497 e. The van der Waals surface area contributed by atoms with Gasteiger partial charge in [-0.05, 0) is 56.4 Å². The third-order valence-corrected chi connectivity index (χ3v) is 5.05. The number of likely N-dealkylation sites (tertiary alicyclic amines) is 1. The van der Waals surface area contributed by atoms with Crippen molar-refractivity contribution in [3.05, 3.63) is 23.8 Å². The molecular weight excluding hydrogens is 368 g/mol. The number of hydrogen-bond acceptors (Lipinski definition) is 4. The average molecular weight is 405 g/mol. The quantitative estimate of drug-likeness (QED) is 0.356. The fourth-order valence-electron chi connectivity index (χ4n) is 3.46. The molecule has 0 radical (unpaired) electrons. The monoisotopic (exact) mass is 404 g/mol. The van der Waals surface area contributed by atoms with E-state index in [1.165, 1.54) is 0 Å². The lowest BCUT2D eigenvalue weighted by Crippen LogP contribution is -2.38. The van der Waals surface area contributed by atoms with E-state index in [0.717, 1.165) is 81.3 Å². The largest absolute Gasteiger partial charge is 0.497 e. The maximum absolute atomic E-state index is 12.1. The first-order valence-corrected chi connectivity index (χ1v) is 10.7. The SMILES string of the molecule is CCNC(=NCCCN1CCCCCC1=O)NCCc1cc(OC)ccc1OC. The Balaban J connectivity index is 1.80. The van der Waals surface area contributed by atoms with Crippen molar-refractivity contribution in [2.24, 2.45) is 4.99 Å². The number of nitrogens with one attached hydrogen (secondary N) is 2. The predicted molar refractivity (Wildman–Crippen MR) is 117 cm³/mol. The van der Waals surface area contributed by atoms with E-state index in [4.69, 9.17) is 9.47 Å². The summed E-state index contributed by atoms with van der Waals surface area (Å²) in [5, 5.41) is 6.66. The van der Waals surface area contributed by atoms with Gasteiger partial charge in [-0.2, -0.15) is 0 Å². The van der Waals surface area contributed by atoms with E-state index in [2.05, 4.69) is 22.5 Å². The fourth-order valence-corrected chi connectivity index (χ4v) is 3.46. The van der Waals surface area contributed by atoms with Gasteiger partial charge in [0.25, 0.3) is 0 Å². The number of ether oxygens (including phenoxy) is 2. The van der Waals surface area contributed by atoms with E-state index in [1.54, 1.807) is 14.2 Å². The minimum atomic E-state index is 0.295. The molecule has 0 saturated carbocycles. The van der Waals surface area contributed by atoms with Gasteiger partial charge < -0.3 is 25.0 Å². The van der Waals surface area contributed by atoms with Gasteiger partial charge in [-0.25, -0.2) is 0 Å². The van der Waals surface area contributed by atoms with Crippen LogP contribution in [0.25, 0.3) is 0 Å². The molecule has 0 aliphatic carbocycles. The van der Waals surface area contributed by atoms with Gasteiger partial charge in [0.1, 0.15) is 11.5 Å². The van der Waals surface area contributed by atoms with Crippen LogP contribution in [0.2, 0.25) is 0 Å². The highest BCUT2D eigenvalue weighted by Crippen LogP contribution is 2.24. The standard InChI is InChI=1S/C22H36N4O3/c1-4-23-22(24-13-8-16-26-15-7-5-6-9-21(26)27)25-14-12-18-17-19(28-2)10-11-20(18)29-3/h10-11,17H,4-9,12-16H2,1-3H3,(H2,23,24,25). The van der Waals surface area contributed by atoms with Gasteiger partial charge in [-0.3, -0.25) is 9.79 Å². The summed E-state index contributed by atoms with van der Waals surface area (Å²) in [6.07, 6.45) is 5.68. The number of aliphatic imine (C=N–C) groups is 1. The molecule has 0 aromatic heterocycles. The molecule has 1 aromatic rings. The zero-order valence-corrected chi connectivity index (χ0v) is 18.1. The van der Waals surface area contributed by atoms with Crippen molar-refractivity contribution in [1.29, 1.82) is 0 Å². The number of hydrogen-bond donors (Lipinski definition) is 2. The van der Waals surface area contributed by atoms with Crippen molar-refractivity contribution >= 4 is 11.9 Å². The third-order valence-electron chi connectivity index (χ3n) is 5.05. The molecule has 162 valence electrons. The van der Waals surface area contributed by atoms with Gasteiger partial charge in [-0.1, -0.05) is 6.42 Å². The number of benzene rings is 1. The van der Waals surface area contributed by atoms with Crippen LogP contribution in [0.1, 0.15) is 44.6 Å². The summed E-state index contributed by atoms with van der Waals surface area (Å²) in [4.78, 5) is 18.7. The maximum atomic E-state index is 12.1. The average Bonchev–Trinajstić information content (AvgIpc) is 2.95. The Hall–Kier alpha value is -2.44. The molecule has 1 saturated heterocycles. The van der Waals surface area contributed by atoms with Crippen LogP contribution in [0.5, 0.6) is 11.5 Å². The summed E-state index contributed by atoms with van der Waals surface area (Å²) in [5.74, 6) is 2.78. The summed E-state index contributed by atoms with van der Waals surface area (Å²) in [5.41, 5.74) is 1.09. The minimum absolute atomic E-state index is 0.295. The molecule has 1 heterocycles. The van der Waals surface area contributed by atoms with Crippen LogP contribution in [0, 0.1) is 0 Å². The highest BCUT2D eigenvalue weighted by atomic mass is 16.5. The number of carbonyl (C=O) groups is 1. The zero-order valence-electron chi connectivity index (χ0n) is 18.1. The summed E-state index contributed by atoms with van der Waals surface area (Å²) in [7, 11) is 3.35. The molecule has 0 unspecified atom stereocenters. The highest BCUT2D eigenvalue weighted by Gasteiger charge is 2.15. The van der Waals surface area contributed by atoms with E-state index in [9.17, 15) is 4.79 Å². The molecule has 1 aliphatic rings. The first-order chi connectivity index (χ1) is 14.2. The molecule has 7 nitrogen and oxygen atoms in total. The zero-order chi connectivity index (χ0) is 20.9. The Morgan fingerprint density at radius 2 is 2.03 bits per heavy atom. The topological polar surface area (TPSA) is 75.2 Å². The predicted octanol–water partition coefficient (Wildman–Crippen LogP) is 2.59. The molecule has 7 heteroatoms. The van der Waals surface area contributed by atoms with Crippen LogP contribution in [-0.4, -0.2) is 63.7 Å². The van der Waals surface area contributed by atoms with Crippen LogP contribution >= 0.6 is 0 Å². The number of amides is 1. The second kappa shape index (κ2) is 12.9. The summed E-state index contributed by atoms with van der Waals surface area (Å²) in [6.45, 7) is 5.98. The summed E-state index contributed by atoms with van der Waals surface area (Å²) < 4.78 is 10.8. The van der Waals surface area contributed by atoms with E-state index >= 15 is 0 Å². The summed E-state index contributed by atoms with van der Waals surface area (Å²) >= 11 is 0. The van der Waals surface area contributed by atoms with Crippen LogP contribution < -0.4 is 20.1 Å². The lowest BCUT2D eigenvalue weighted by molar-refractivity contribution is -0.130. The number of nitrogens with zero attached hydrogens (tertiary/aromatic N) is 2. The number of carbonyl (C=O) groups excluding carboxylic acids is 1. The Bertz CT molecular complexity index is 663. The molecule has 29 heavy (non-hydrogen) atoms. The molecule has 0 spiro atoms. The molecule has 1 aliphatic heterocycles. The van der Waals surface area contributed by atoms with Gasteiger partial charge in [-0.15, -0.1) is 0 Å². The normalized spacial score (nSPS) is 15.1.